The molecular formula is C21H15NO3. The van der Waals surface area contributed by atoms with E-state index in [0.717, 1.165) is 5.75 Å². The Balaban J connectivity index is 1.57. The van der Waals surface area contributed by atoms with Gasteiger partial charge < -0.3 is 9.47 Å². The van der Waals surface area contributed by atoms with Crippen molar-refractivity contribution in [1.82, 2.24) is 0 Å². The predicted octanol–water partition coefficient (Wildman–Crippen LogP) is 4.61. The van der Waals surface area contributed by atoms with Gasteiger partial charge in [-0.05, 0) is 60.7 Å². The van der Waals surface area contributed by atoms with Crippen LogP contribution >= 0.6 is 0 Å². The standard InChI is InChI=1S/C21H15NO3/c22-14-16-6-10-18(11-7-16)24-15-21(23)17-8-12-20(13-9-17)25-19-4-2-1-3-5-19/h1-13H,15H2. The average molecular weight is 329 g/mol. The van der Waals surface area contributed by atoms with E-state index in [9.17, 15) is 4.79 Å². The first kappa shape index (κ1) is 16.3. The van der Waals surface area contributed by atoms with Crippen LogP contribution in [0.3, 0.4) is 0 Å². The topological polar surface area (TPSA) is 59.3 Å². The zero-order valence-corrected chi connectivity index (χ0v) is 13.4. The Hall–Kier alpha value is -3.58. The Morgan fingerprint density at radius 3 is 2.04 bits per heavy atom. The van der Waals surface area contributed by atoms with Crippen molar-refractivity contribution in [2.24, 2.45) is 0 Å². The van der Waals surface area contributed by atoms with Crippen molar-refractivity contribution in [2.75, 3.05) is 6.61 Å². The van der Waals surface area contributed by atoms with Crippen molar-refractivity contribution in [3.8, 4) is 23.3 Å². The SMILES string of the molecule is N#Cc1ccc(OCC(=O)c2ccc(Oc3ccccc3)cc2)cc1. The lowest BCUT2D eigenvalue weighted by Crippen LogP contribution is -2.11. The Labute approximate surface area is 145 Å². The van der Waals surface area contributed by atoms with Crippen molar-refractivity contribution in [2.45, 2.75) is 0 Å². The number of Topliss-reactive ketones (excluding diaryl/α,β-unsaturated/α-hetero) is 1. The molecule has 3 rings (SSSR count). The molecule has 0 saturated carbocycles. The van der Waals surface area contributed by atoms with Gasteiger partial charge in [0.2, 0.25) is 0 Å². The summed E-state index contributed by atoms with van der Waals surface area (Å²) in [7, 11) is 0. The van der Waals surface area contributed by atoms with Gasteiger partial charge in [-0.15, -0.1) is 0 Å². The first-order valence-corrected chi connectivity index (χ1v) is 7.74. The minimum absolute atomic E-state index is 0.0647. The first-order valence-electron chi connectivity index (χ1n) is 7.74. The number of para-hydroxylation sites is 1. The average Bonchev–Trinajstić information content (AvgIpc) is 2.68. The van der Waals surface area contributed by atoms with Crippen LogP contribution in [-0.4, -0.2) is 12.4 Å². The quantitative estimate of drug-likeness (QED) is 0.620. The van der Waals surface area contributed by atoms with Gasteiger partial charge in [-0.3, -0.25) is 4.79 Å². The second-order valence-corrected chi connectivity index (χ2v) is 5.29. The smallest absolute Gasteiger partial charge is 0.200 e. The molecule has 0 unspecified atom stereocenters. The molecule has 0 saturated heterocycles. The van der Waals surface area contributed by atoms with Crippen LogP contribution < -0.4 is 9.47 Å². The third-order valence-corrected chi connectivity index (χ3v) is 3.51. The molecule has 4 heteroatoms. The lowest BCUT2D eigenvalue weighted by atomic mass is 10.1. The molecule has 0 atom stereocenters. The van der Waals surface area contributed by atoms with Gasteiger partial charge in [-0.1, -0.05) is 18.2 Å². The van der Waals surface area contributed by atoms with E-state index in [1.165, 1.54) is 0 Å². The number of nitrogens with zero attached hydrogens (tertiary/aromatic N) is 1. The molecule has 25 heavy (non-hydrogen) atoms. The molecule has 0 aromatic heterocycles. The first-order chi connectivity index (χ1) is 12.2. The van der Waals surface area contributed by atoms with Crippen LogP contribution in [-0.2, 0) is 0 Å². The van der Waals surface area contributed by atoms with Crippen LogP contribution in [0.5, 0.6) is 17.2 Å². The Kier molecular flexibility index (Phi) is 5.08. The third-order valence-electron chi connectivity index (χ3n) is 3.51. The monoisotopic (exact) mass is 329 g/mol. The highest BCUT2D eigenvalue weighted by Gasteiger charge is 2.07. The maximum atomic E-state index is 12.2. The summed E-state index contributed by atoms with van der Waals surface area (Å²) in [4.78, 5) is 12.2. The number of ether oxygens (including phenoxy) is 2. The molecule has 122 valence electrons. The van der Waals surface area contributed by atoms with E-state index in [1.807, 2.05) is 36.4 Å². The second-order valence-electron chi connectivity index (χ2n) is 5.29. The van der Waals surface area contributed by atoms with Gasteiger partial charge in [-0.2, -0.15) is 5.26 Å². The summed E-state index contributed by atoms with van der Waals surface area (Å²) in [5.74, 6) is 1.83. The molecule has 3 aromatic carbocycles. The van der Waals surface area contributed by atoms with Crippen LogP contribution in [0.1, 0.15) is 15.9 Å². The summed E-state index contributed by atoms with van der Waals surface area (Å²) in [6.45, 7) is -0.0647. The van der Waals surface area contributed by atoms with E-state index in [-0.39, 0.29) is 12.4 Å². The van der Waals surface area contributed by atoms with Gasteiger partial charge >= 0.3 is 0 Å². The molecule has 0 bridgehead atoms. The van der Waals surface area contributed by atoms with E-state index in [2.05, 4.69) is 0 Å². The van der Waals surface area contributed by atoms with Crippen LogP contribution in [0, 0.1) is 11.3 Å². The lowest BCUT2D eigenvalue weighted by Gasteiger charge is -2.07. The molecule has 0 aliphatic carbocycles. The largest absolute Gasteiger partial charge is 0.485 e. The Morgan fingerprint density at radius 1 is 0.800 bits per heavy atom. The minimum Gasteiger partial charge on any atom is -0.485 e. The predicted molar refractivity (Wildman–Crippen MR) is 93.9 cm³/mol. The molecule has 0 aliphatic rings. The number of carbonyl (C=O) groups excluding carboxylic acids is 1. The van der Waals surface area contributed by atoms with Gasteiger partial charge in [-0.25, -0.2) is 0 Å². The molecule has 0 amide bonds. The number of rotatable bonds is 6. The molecule has 4 nitrogen and oxygen atoms in total. The third kappa shape index (κ3) is 4.46. The van der Waals surface area contributed by atoms with Gasteiger partial charge in [0, 0.05) is 5.56 Å². The zero-order chi connectivity index (χ0) is 17.5. The molecule has 0 fully saturated rings. The van der Waals surface area contributed by atoms with E-state index in [1.54, 1.807) is 48.5 Å². The number of hydrogen-bond acceptors (Lipinski definition) is 4. The fourth-order valence-corrected chi connectivity index (χ4v) is 2.19. The van der Waals surface area contributed by atoms with Gasteiger partial charge in [0.25, 0.3) is 0 Å². The fraction of sp³-hybridized carbons (Fsp3) is 0.0476. The Bertz CT molecular complexity index is 879. The highest BCUT2D eigenvalue weighted by atomic mass is 16.5. The number of carbonyl (C=O) groups is 1. The van der Waals surface area contributed by atoms with Crippen molar-refractivity contribution < 1.29 is 14.3 Å². The summed E-state index contributed by atoms with van der Waals surface area (Å²) in [6, 6.07) is 25.0. The number of nitriles is 1. The maximum absolute atomic E-state index is 12.2. The molecule has 0 radical (unpaired) electrons. The zero-order valence-electron chi connectivity index (χ0n) is 13.4. The van der Waals surface area contributed by atoms with Crippen molar-refractivity contribution in [1.29, 1.82) is 5.26 Å². The van der Waals surface area contributed by atoms with Crippen LogP contribution in [0.25, 0.3) is 0 Å². The fourth-order valence-electron chi connectivity index (χ4n) is 2.19. The molecule has 3 aromatic rings. The molecule has 0 N–H and O–H groups in total. The molecule has 0 heterocycles. The van der Waals surface area contributed by atoms with Crippen molar-refractivity contribution >= 4 is 5.78 Å². The number of benzene rings is 3. The van der Waals surface area contributed by atoms with E-state index >= 15 is 0 Å². The molecular weight excluding hydrogens is 314 g/mol. The van der Waals surface area contributed by atoms with Crippen molar-refractivity contribution in [3.63, 3.8) is 0 Å². The van der Waals surface area contributed by atoms with Gasteiger partial charge in [0.1, 0.15) is 17.2 Å². The normalized spacial score (nSPS) is 9.88. The minimum atomic E-state index is -0.129. The maximum Gasteiger partial charge on any atom is 0.200 e. The van der Waals surface area contributed by atoms with E-state index < -0.39 is 0 Å². The van der Waals surface area contributed by atoms with Crippen LogP contribution in [0.4, 0.5) is 0 Å². The van der Waals surface area contributed by atoms with Gasteiger partial charge in [0.15, 0.2) is 12.4 Å². The Morgan fingerprint density at radius 2 is 1.40 bits per heavy atom. The highest BCUT2D eigenvalue weighted by molar-refractivity contribution is 5.97. The number of ketones is 1. The molecule has 0 spiro atoms. The second kappa shape index (κ2) is 7.80. The summed E-state index contributed by atoms with van der Waals surface area (Å²) in [6.07, 6.45) is 0. The summed E-state index contributed by atoms with van der Waals surface area (Å²) < 4.78 is 11.2. The van der Waals surface area contributed by atoms with Crippen molar-refractivity contribution in [3.05, 3.63) is 90.0 Å². The lowest BCUT2D eigenvalue weighted by molar-refractivity contribution is 0.0921. The highest BCUT2D eigenvalue weighted by Crippen LogP contribution is 2.21. The number of hydrogen-bond donors (Lipinski definition) is 0. The molecule has 0 aliphatic heterocycles. The van der Waals surface area contributed by atoms with Gasteiger partial charge in [0.05, 0.1) is 11.6 Å². The van der Waals surface area contributed by atoms with Crippen LogP contribution in [0.2, 0.25) is 0 Å². The summed E-state index contributed by atoms with van der Waals surface area (Å²) >= 11 is 0. The van der Waals surface area contributed by atoms with E-state index in [0.29, 0.717) is 22.6 Å². The van der Waals surface area contributed by atoms with Crippen LogP contribution in [0.15, 0.2) is 78.9 Å². The summed E-state index contributed by atoms with van der Waals surface area (Å²) in [5, 5.41) is 8.76. The van der Waals surface area contributed by atoms with E-state index in [4.69, 9.17) is 14.7 Å². The summed E-state index contributed by atoms with van der Waals surface area (Å²) in [5.41, 5.74) is 1.10.